The number of nitrogens with one attached hydrogen (secondary N) is 1. The van der Waals surface area contributed by atoms with E-state index >= 15 is 0 Å². The Morgan fingerprint density at radius 1 is 1.18 bits per heavy atom. The van der Waals surface area contributed by atoms with Crippen LogP contribution in [-0.4, -0.2) is 19.0 Å². The third-order valence-electron chi connectivity index (χ3n) is 3.12. The topological polar surface area (TPSA) is 55.1 Å². The monoisotopic (exact) mass is 242 g/mol. The molecule has 0 bridgehead atoms. The summed E-state index contributed by atoms with van der Waals surface area (Å²) in [5.74, 6) is 0.877. The third-order valence-corrected chi connectivity index (χ3v) is 3.12. The summed E-state index contributed by atoms with van der Waals surface area (Å²) in [5, 5.41) is 2.95. The van der Waals surface area contributed by atoms with Crippen LogP contribution < -0.4 is 11.1 Å². The van der Waals surface area contributed by atoms with Crippen LogP contribution in [0.2, 0.25) is 0 Å². The Balaban J connectivity index is 3.43. The summed E-state index contributed by atoms with van der Waals surface area (Å²) >= 11 is 0. The minimum absolute atomic E-state index is 0.0715. The van der Waals surface area contributed by atoms with Crippen LogP contribution in [0.3, 0.4) is 0 Å². The predicted octanol–water partition coefficient (Wildman–Crippen LogP) is 2.69. The Labute approximate surface area is 107 Å². The van der Waals surface area contributed by atoms with Crippen LogP contribution in [0.5, 0.6) is 0 Å². The average molecular weight is 242 g/mol. The van der Waals surface area contributed by atoms with Gasteiger partial charge in [-0.2, -0.15) is 0 Å². The van der Waals surface area contributed by atoms with Gasteiger partial charge in [0, 0.05) is 13.1 Å². The van der Waals surface area contributed by atoms with E-state index in [4.69, 9.17) is 5.73 Å². The molecule has 0 aromatic carbocycles. The van der Waals surface area contributed by atoms with Crippen LogP contribution in [0, 0.1) is 11.3 Å². The maximum absolute atomic E-state index is 11.7. The zero-order chi connectivity index (χ0) is 13.3. The molecular formula is C14H30N2O. The predicted molar refractivity (Wildman–Crippen MR) is 73.8 cm³/mol. The highest BCUT2D eigenvalue weighted by atomic mass is 16.2. The van der Waals surface area contributed by atoms with Crippen molar-refractivity contribution in [1.29, 1.82) is 0 Å². The summed E-state index contributed by atoms with van der Waals surface area (Å²) in [6.45, 7) is 9.46. The molecule has 0 atom stereocenters. The van der Waals surface area contributed by atoms with Gasteiger partial charge >= 0.3 is 0 Å². The second kappa shape index (κ2) is 8.51. The Morgan fingerprint density at radius 2 is 1.76 bits per heavy atom. The lowest BCUT2D eigenvalue weighted by Gasteiger charge is -2.21. The molecule has 1 amide bonds. The number of hydrogen-bond acceptors (Lipinski definition) is 2. The van der Waals surface area contributed by atoms with Crippen molar-refractivity contribution in [3.05, 3.63) is 0 Å². The van der Waals surface area contributed by atoms with Crippen LogP contribution in [0.15, 0.2) is 0 Å². The van der Waals surface area contributed by atoms with E-state index in [0.29, 0.717) is 6.54 Å². The Bertz CT molecular complexity index is 212. The molecule has 0 fully saturated rings. The van der Waals surface area contributed by atoms with E-state index < -0.39 is 5.41 Å². The molecule has 0 rings (SSSR count). The van der Waals surface area contributed by atoms with Gasteiger partial charge in [-0.3, -0.25) is 4.79 Å². The molecule has 0 saturated carbocycles. The quantitative estimate of drug-likeness (QED) is 0.611. The summed E-state index contributed by atoms with van der Waals surface area (Å²) in [6, 6.07) is 0. The van der Waals surface area contributed by atoms with Crippen molar-refractivity contribution in [3.63, 3.8) is 0 Å². The zero-order valence-corrected chi connectivity index (χ0v) is 12.0. The van der Waals surface area contributed by atoms with E-state index in [1.54, 1.807) is 0 Å². The van der Waals surface area contributed by atoms with Crippen molar-refractivity contribution in [1.82, 2.24) is 5.32 Å². The molecule has 0 saturated heterocycles. The molecule has 0 aromatic heterocycles. The Morgan fingerprint density at radius 3 is 2.29 bits per heavy atom. The van der Waals surface area contributed by atoms with Gasteiger partial charge in [-0.1, -0.05) is 39.5 Å². The first-order chi connectivity index (χ1) is 7.90. The van der Waals surface area contributed by atoms with Crippen molar-refractivity contribution < 1.29 is 4.79 Å². The van der Waals surface area contributed by atoms with Crippen LogP contribution in [0.4, 0.5) is 0 Å². The van der Waals surface area contributed by atoms with Gasteiger partial charge in [0.1, 0.15) is 0 Å². The maximum Gasteiger partial charge on any atom is 0.226 e. The zero-order valence-electron chi connectivity index (χ0n) is 12.0. The molecule has 17 heavy (non-hydrogen) atoms. The fourth-order valence-electron chi connectivity index (χ4n) is 1.57. The van der Waals surface area contributed by atoms with Crippen molar-refractivity contribution in [2.45, 2.75) is 59.8 Å². The first-order valence-electron chi connectivity index (χ1n) is 6.88. The number of hydrogen-bond donors (Lipinski definition) is 2. The van der Waals surface area contributed by atoms with E-state index in [2.05, 4.69) is 19.2 Å². The van der Waals surface area contributed by atoms with Crippen molar-refractivity contribution >= 4 is 5.91 Å². The summed E-state index contributed by atoms with van der Waals surface area (Å²) in [4.78, 5) is 11.7. The molecule has 0 unspecified atom stereocenters. The second-order valence-corrected chi connectivity index (χ2v) is 5.94. The average Bonchev–Trinajstić information content (AvgIpc) is 2.27. The summed E-state index contributed by atoms with van der Waals surface area (Å²) in [7, 11) is 0. The fraction of sp³-hybridized carbons (Fsp3) is 0.929. The molecule has 0 heterocycles. The van der Waals surface area contributed by atoms with Gasteiger partial charge in [0.2, 0.25) is 5.91 Å². The molecule has 0 aliphatic carbocycles. The number of carbonyl (C=O) groups is 1. The van der Waals surface area contributed by atoms with E-state index in [1.807, 2.05) is 13.8 Å². The molecular weight excluding hydrogens is 212 g/mol. The van der Waals surface area contributed by atoms with Crippen LogP contribution in [0.25, 0.3) is 0 Å². The number of unbranched alkanes of at least 4 members (excludes halogenated alkanes) is 3. The number of amides is 1. The summed E-state index contributed by atoms with van der Waals surface area (Å²) in [6.07, 6.45) is 6.17. The molecule has 0 aliphatic heterocycles. The van der Waals surface area contributed by atoms with Gasteiger partial charge in [0.15, 0.2) is 0 Å². The van der Waals surface area contributed by atoms with Gasteiger partial charge in [-0.25, -0.2) is 0 Å². The van der Waals surface area contributed by atoms with Crippen LogP contribution >= 0.6 is 0 Å². The third kappa shape index (κ3) is 8.19. The smallest absolute Gasteiger partial charge is 0.226 e. The SMILES string of the molecule is CC(C)CCCCCCNC(=O)C(C)(C)CN. The van der Waals surface area contributed by atoms with E-state index in [0.717, 1.165) is 18.9 Å². The lowest BCUT2D eigenvalue weighted by atomic mass is 9.93. The highest BCUT2D eigenvalue weighted by molar-refractivity contribution is 5.81. The molecule has 3 heteroatoms. The minimum atomic E-state index is -0.433. The molecule has 0 aliphatic rings. The summed E-state index contributed by atoms with van der Waals surface area (Å²) in [5.41, 5.74) is 5.11. The largest absolute Gasteiger partial charge is 0.356 e. The molecule has 102 valence electrons. The van der Waals surface area contributed by atoms with Crippen molar-refractivity contribution in [2.24, 2.45) is 17.1 Å². The molecule has 0 spiro atoms. The maximum atomic E-state index is 11.7. The number of nitrogens with two attached hydrogens (primary N) is 1. The van der Waals surface area contributed by atoms with Crippen LogP contribution in [0.1, 0.15) is 59.8 Å². The van der Waals surface area contributed by atoms with Crippen molar-refractivity contribution in [3.8, 4) is 0 Å². The van der Waals surface area contributed by atoms with Gasteiger partial charge in [0.25, 0.3) is 0 Å². The van der Waals surface area contributed by atoms with Crippen LogP contribution in [-0.2, 0) is 4.79 Å². The van der Waals surface area contributed by atoms with E-state index in [9.17, 15) is 4.79 Å². The Kier molecular flexibility index (Phi) is 8.23. The summed E-state index contributed by atoms with van der Waals surface area (Å²) < 4.78 is 0. The first-order valence-corrected chi connectivity index (χ1v) is 6.88. The number of carbonyl (C=O) groups excluding carboxylic acids is 1. The second-order valence-electron chi connectivity index (χ2n) is 5.94. The minimum Gasteiger partial charge on any atom is -0.356 e. The van der Waals surface area contributed by atoms with Gasteiger partial charge < -0.3 is 11.1 Å². The Hall–Kier alpha value is -0.570. The molecule has 0 aromatic rings. The van der Waals surface area contributed by atoms with E-state index in [1.165, 1.54) is 25.7 Å². The standard InChI is InChI=1S/C14H30N2O/c1-12(2)9-7-5-6-8-10-16-13(17)14(3,4)11-15/h12H,5-11,15H2,1-4H3,(H,16,17). The highest BCUT2D eigenvalue weighted by Crippen LogP contribution is 2.12. The van der Waals surface area contributed by atoms with Gasteiger partial charge in [-0.15, -0.1) is 0 Å². The molecule has 3 N–H and O–H groups in total. The first kappa shape index (κ1) is 16.4. The normalized spacial score (nSPS) is 11.9. The highest BCUT2D eigenvalue weighted by Gasteiger charge is 2.24. The number of rotatable bonds is 9. The van der Waals surface area contributed by atoms with E-state index in [-0.39, 0.29) is 5.91 Å². The fourth-order valence-corrected chi connectivity index (χ4v) is 1.57. The van der Waals surface area contributed by atoms with Gasteiger partial charge in [0.05, 0.1) is 5.41 Å². The van der Waals surface area contributed by atoms with Gasteiger partial charge in [-0.05, 0) is 26.2 Å². The molecule has 0 radical (unpaired) electrons. The molecule has 3 nitrogen and oxygen atoms in total. The lowest BCUT2D eigenvalue weighted by Crippen LogP contribution is -2.42. The van der Waals surface area contributed by atoms with Crippen molar-refractivity contribution in [2.75, 3.05) is 13.1 Å². The lowest BCUT2D eigenvalue weighted by molar-refractivity contribution is -0.128.